The van der Waals surface area contributed by atoms with Gasteiger partial charge in [-0.1, -0.05) is 6.92 Å². The smallest absolute Gasteiger partial charge is 0.0558 e. The van der Waals surface area contributed by atoms with Gasteiger partial charge in [0.15, 0.2) is 0 Å². The highest BCUT2D eigenvalue weighted by Gasteiger charge is 2.03. The van der Waals surface area contributed by atoms with E-state index in [2.05, 4.69) is 11.8 Å². The summed E-state index contributed by atoms with van der Waals surface area (Å²) in [7, 11) is 1.99. The molecule has 0 heterocycles. The lowest BCUT2D eigenvalue weighted by Gasteiger charge is -2.18. The predicted octanol–water partition coefficient (Wildman–Crippen LogP) is 0.785. The highest BCUT2D eigenvalue weighted by Crippen LogP contribution is 1.99. The van der Waals surface area contributed by atoms with Crippen LogP contribution in [0.1, 0.15) is 6.92 Å². The monoisotopic (exact) mass is 165 g/mol. The van der Waals surface area contributed by atoms with E-state index in [-0.39, 0.29) is 6.61 Å². The van der Waals surface area contributed by atoms with Crippen molar-refractivity contribution < 1.29 is 5.11 Å². The fourth-order valence-electron chi connectivity index (χ4n) is 0.843. The van der Waals surface area contributed by atoms with Crippen LogP contribution in [0.5, 0.6) is 0 Å². The van der Waals surface area contributed by atoms with Crippen molar-refractivity contribution >= 4 is 11.6 Å². The first-order chi connectivity index (χ1) is 4.70. The Kier molecular flexibility index (Phi) is 6.08. The lowest BCUT2D eigenvalue weighted by atomic mass is 10.2. The number of hydrogen-bond acceptors (Lipinski definition) is 2. The molecule has 0 aromatic carbocycles. The van der Waals surface area contributed by atoms with E-state index in [4.69, 9.17) is 16.7 Å². The van der Waals surface area contributed by atoms with E-state index >= 15 is 0 Å². The molecule has 0 rings (SSSR count). The zero-order chi connectivity index (χ0) is 7.98. The molecule has 0 saturated carbocycles. The molecular formula is C7H16ClNO. The van der Waals surface area contributed by atoms with Crippen LogP contribution in [0.25, 0.3) is 0 Å². The first-order valence-corrected chi connectivity index (χ1v) is 4.09. The summed E-state index contributed by atoms with van der Waals surface area (Å²) in [6.45, 7) is 4.03. The van der Waals surface area contributed by atoms with Gasteiger partial charge in [-0.3, -0.25) is 0 Å². The van der Waals surface area contributed by atoms with Crippen molar-refractivity contribution in [2.75, 3.05) is 32.6 Å². The minimum absolute atomic E-state index is 0.228. The maximum atomic E-state index is 8.55. The largest absolute Gasteiger partial charge is 0.395 e. The molecule has 0 aromatic heterocycles. The predicted molar refractivity (Wildman–Crippen MR) is 44.5 cm³/mol. The van der Waals surface area contributed by atoms with Gasteiger partial charge in [-0.05, 0) is 13.0 Å². The number of nitrogens with zero attached hydrogens (tertiary/aromatic N) is 1. The number of halogens is 1. The van der Waals surface area contributed by atoms with Gasteiger partial charge in [0, 0.05) is 19.0 Å². The summed E-state index contributed by atoms with van der Waals surface area (Å²) in [5.41, 5.74) is 0. The van der Waals surface area contributed by atoms with Crippen LogP contribution < -0.4 is 0 Å². The molecule has 0 amide bonds. The molecule has 0 aliphatic rings. The Bertz CT molecular complexity index is 80.0. The minimum Gasteiger partial charge on any atom is -0.395 e. The van der Waals surface area contributed by atoms with Gasteiger partial charge in [0.05, 0.1) is 6.61 Å². The fourth-order valence-corrected chi connectivity index (χ4v) is 0.940. The highest BCUT2D eigenvalue weighted by molar-refractivity contribution is 6.18. The Hall–Kier alpha value is 0.210. The van der Waals surface area contributed by atoms with Crippen LogP contribution in [0, 0.1) is 5.92 Å². The van der Waals surface area contributed by atoms with Crippen LogP contribution in [0.4, 0.5) is 0 Å². The lowest BCUT2D eigenvalue weighted by Crippen LogP contribution is -2.27. The maximum Gasteiger partial charge on any atom is 0.0558 e. The second-order valence-corrected chi connectivity index (χ2v) is 3.05. The first kappa shape index (κ1) is 10.2. The second kappa shape index (κ2) is 5.96. The molecule has 62 valence electrons. The molecule has 0 aliphatic carbocycles. The lowest BCUT2D eigenvalue weighted by molar-refractivity contribution is 0.209. The Morgan fingerprint density at radius 2 is 2.20 bits per heavy atom. The maximum absolute atomic E-state index is 8.55. The van der Waals surface area contributed by atoms with Gasteiger partial charge >= 0.3 is 0 Å². The minimum atomic E-state index is 0.228. The number of aliphatic hydroxyl groups excluding tert-OH is 1. The summed E-state index contributed by atoms with van der Waals surface area (Å²) in [6, 6.07) is 0. The Balaban J connectivity index is 3.27. The van der Waals surface area contributed by atoms with Gasteiger partial charge in [0.1, 0.15) is 0 Å². The van der Waals surface area contributed by atoms with Crippen molar-refractivity contribution in [3.05, 3.63) is 0 Å². The van der Waals surface area contributed by atoms with Crippen molar-refractivity contribution in [3.63, 3.8) is 0 Å². The third kappa shape index (κ3) is 5.03. The Morgan fingerprint density at radius 3 is 2.60 bits per heavy atom. The van der Waals surface area contributed by atoms with Crippen molar-refractivity contribution in [3.8, 4) is 0 Å². The SMILES string of the molecule is CC(CCl)CN(C)CCO. The molecular weight excluding hydrogens is 150 g/mol. The Labute approximate surface area is 67.8 Å². The van der Waals surface area contributed by atoms with Crippen LogP contribution >= 0.6 is 11.6 Å². The van der Waals surface area contributed by atoms with Crippen molar-refractivity contribution in [2.24, 2.45) is 5.92 Å². The molecule has 0 bridgehead atoms. The third-order valence-corrected chi connectivity index (χ3v) is 1.90. The molecule has 1 atom stereocenters. The Morgan fingerprint density at radius 1 is 1.60 bits per heavy atom. The van der Waals surface area contributed by atoms with E-state index in [9.17, 15) is 0 Å². The molecule has 0 aromatic rings. The van der Waals surface area contributed by atoms with Gasteiger partial charge in [-0.2, -0.15) is 0 Å². The van der Waals surface area contributed by atoms with Crippen molar-refractivity contribution in [1.29, 1.82) is 0 Å². The molecule has 0 radical (unpaired) electrons. The van der Waals surface area contributed by atoms with Gasteiger partial charge in [-0.15, -0.1) is 11.6 Å². The quantitative estimate of drug-likeness (QED) is 0.609. The normalized spacial score (nSPS) is 14.1. The van der Waals surface area contributed by atoms with E-state index in [1.807, 2.05) is 7.05 Å². The zero-order valence-electron chi connectivity index (χ0n) is 6.68. The van der Waals surface area contributed by atoms with E-state index in [1.165, 1.54) is 0 Å². The topological polar surface area (TPSA) is 23.5 Å². The summed E-state index contributed by atoms with van der Waals surface area (Å²) in [5.74, 6) is 1.20. The number of likely N-dealkylation sites (N-methyl/N-ethyl adjacent to an activating group) is 1. The molecule has 10 heavy (non-hydrogen) atoms. The zero-order valence-corrected chi connectivity index (χ0v) is 7.43. The highest BCUT2D eigenvalue weighted by atomic mass is 35.5. The van der Waals surface area contributed by atoms with Crippen LogP contribution in [0.15, 0.2) is 0 Å². The molecule has 0 fully saturated rings. The van der Waals surface area contributed by atoms with Gasteiger partial charge in [0.2, 0.25) is 0 Å². The fraction of sp³-hybridized carbons (Fsp3) is 1.00. The average molecular weight is 166 g/mol. The molecule has 0 saturated heterocycles. The third-order valence-electron chi connectivity index (χ3n) is 1.37. The van der Waals surface area contributed by atoms with E-state index in [0.29, 0.717) is 11.8 Å². The van der Waals surface area contributed by atoms with Crippen LogP contribution in [-0.4, -0.2) is 42.6 Å². The molecule has 0 spiro atoms. The molecule has 2 nitrogen and oxygen atoms in total. The number of aliphatic hydroxyl groups is 1. The van der Waals surface area contributed by atoms with Gasteiger partial charge in [0.25, 0.3) is 0 Å². The summed E-state index contributed by atoms with van der Waals surface area (Å²) >= 11 is 5.61. The van der Waals surface area contributed by atoms with Crippen molar-refractivity contribution in [1.82, 2.24) is 4.90 Å². The summed E-state index contributed by atoms with van der Waals surface area (Å²) in [5, 5.41) is 8.55. The summed E-state index contributed by atoms with van der Waals surface area (Å²) in [6.07, 6.45) is 0. The molecule has 1 N–H and O–H groups in total. The van der Waals surface area contributed by atoms with E-state index in [1.54, 1.807) is 0 Å². The van der Waals surface area contributed by atoms with Crippen LogP contribution in [0.3, 0.4) is 0 Å². The number of hydrogen-bond donors (Lipinski definition) is 1. The molecule has 1 unspecified atom stereocenters. The van der Waals surface area contributed by atoms with Crippen molar-refractivity contribution in [2.45, 2.75) is 6.92 Å². The van der Waals surface area contributed by atoms with E-state index in [0.717, 1.165) is 13.1 Å². The molecule has 3 heteroatoms. The summed E-state index contributed by atoms with van der Waals surface area (Å²) < 4.78 is 0. The van der Waals surface area contributed by atoms with Crippen LogP contribution in [0.2, 0.25) is 0 Å². The van der Waals surface area contributed by atoms with Gasteiger partial charge < -0.3 is 10.0 Å². The number of rotatable bonds is 5. The van der Waals surface area contributed by atoms with E-state index < -0.39 is 0 Å². The molecule has 0 aliphatic heterocycles. The second-order valence-electron chi connectivity index (χ2n) is 2.75. The average Bonchev–Trinajstić information content (AvgIpc) is 1.88. The number of alkyl halides is 1. The first-order valence-electron chi connectivity index (χ1n) is 3.56. The van der Waals surface area contributed by atoms with Crippen LogP contribution in [-0.2, 0) is 0 Å². The summed E-state index contributed by atoms with van der Waals surface area (Å²) in [4.78, 5) is 2.08. The standard InChI is InChI=1S/C7H16ClNO/c1-7(5-8)6-9(2)3-4-10/h7,10H,3-6H2,1-2H3. The van der Waals surface area contributed by atoms with Gasteiger partial charge in [-0.25, -0.2) is 0 Å².